The predicted molar refractivity (Wildman–Crippen MR) is 144 cm³/mol. The van der Waals surface area contributed by atoms with Crippen molar-refractivity contribution in [2.24, 2.45) is 0 Å². The minimum atomic E-state index is -0.989. The highest BCUT2D eigenvalue weighted by Crippen LogP contribution is 2.34. The van der Waals surface area contributed by atoms with E-state index in [2.05, 4.69) is 15.5 Å². The Morgan fingerprint density at radius 1 is 0.757 bits per heavy atom. The van der Waals surface area contributed by atoms with E-state index < -0.39 is 5.97 Å². The fraction of sp³-hybridized carbons (Fsp3) is 0.0690. The summed E-state index contributed by atoms with van der Waals surface area (Å²) in [6.45, 7) is 0.844. The minimum absolute atomic E-state index is 0.193. The Morgan fingerprint density at radius 3 is 1.97 bits per heavy atom. The molecule has 0 unspecified atom stereocenters. The third kappa shape index (κ3) is 6.50. The molecule has 0 aliphatic rings. The zero-order valence-electron chi connectivity index (χ0n) is 19.7. The van der Waals surface area contributed by atoms with Gasteiger partial charge in [-0.1, -0.05) is 78.1 Å². The van der Waals surface area contributed by atoms with Crippen LogP contribution in [0.25, 0.3) is 10.6 Å². The Bertz CT molecular complexity index is 1430. The van der Waals surface area contributed by atoms with Crippen LogP contribution in [0.15, 0.2) is 103 Å². The van der Waals surface area contributed by atoms with Crippen LogP contribution in [0.4, 0.5) is 10.8 Å². The lowest BCUT2D eigenvalue weighted by Crippen LogP contribution is -1.98. The number of anilines is 2. The van der Waals surface area contributed by atoms with Crippen molar-refractivity contribution in [1.29, 1.82) is 0 Å². The van der Waals surface area contributed by atoms with Gasteiger partial charge >= 0.3 is 5.97 Å². The number of aromatic nitrogens is 2. The molecule has 8 heteroatoms. The molecule has 5 rings (SSSR count). The fourth-order valence-corrected chi connectivity index (χ4v) is 4.34. The van der Waals surface area contributed by atoms with Gasteiger partial charge < -0.3 is 19.9 Å². The lowest BCUT2D eigenvalue weighted by Gasteiger charge is -2.12. The maximum Gasteiger partial charge on any atom is 0.335 e. The van der Waals surface area contributed by atoms with Crippen molar-refractivity contribution in [3.8, 4) is 22.1 Å². The molecule has 1 aromatic heterocycles. The van der Waals surface area contributed by atoms with E-state index in [1.165, 1.54) is 17.4 Å². The summed E-state index contributed by atoms with van der Waals surface area (Å²) in [4.78, 5) is 11.3. The number of rotatable bonds is 10. The lowest BCUT2D eigenvalue weighted by atomic mass is 10.2. The highest BCUT2D eigenvalue weighted by Gasteiger charge is 2.12. The van der Waals surface area contributed by atoms with E-state index in [0.29, 0.717) is 40.5 Å². The molecule has 1 heterocycles. The number of carboxylic acid groups (broad SMARTS) is 1. The van der Waals surface area contributed by atoms with Crippen LogP contribution in [0.2, 0.25) is 0 Å². The molecule has 4 aromatic carbocycles. The summed E-state index contributed by atoms with van der Waals surface area (Å²) in [5, 5.41) is 22.2. The summed E-state index contributed by atoms with van der Waals surface area (Å²) in [6, 6.07) is 32.1. The van der Waals surface area contributed by atoms with Crippen LogP contribution in [0.3, 0.4) is 0 Å². The molecule has 184 valence electrons. The van der Waals surface area contributed by atoms with Crippen LogP contribution >= 0.6 is 11.3 Å². The number of carboxylic acids is 1. The number of benzene rings is 4. The van der Waals surface area contributed by atoms with Crippen molar-refractivity contribution in [3.05, 3.63) is 120 Å². The molecule has 0 spiro atoms. The SMILES string of the molecule is O=C(O)c1cccc(Nc2nnc(-c3cc(OCc4ccccc4)cc(OCc4ccccc4)c3)s2)c1. The van der Waals surface area contributed by atoms with E-state index in [-0.39, 0.29) is 5.56 Å². The van der Waals surface area contributed by atoms with Crippen LogP contribution in [0.1, 0.15) is 21.5 Å². The summed E-state index contributed by atoms with van der Waals surface area (Å²) in [6.07, 6.45) is 0. The second kappa shape index (κ2) is 11.4. The van der Waals surface area contributed by atoms with Crippen molar-refractivity contribution in [3.63, 3.8) is 0 Å². The van der Waals surface area contributed by atoms with E-state index in [9.17, 15) is 9.90 Å². The smallest absolute Gasteiger partial charge is 0.335 e. The number of nitrogens with one attached hydrogen (secondary N) is 1. The largest absolute Gasteiger partial charge is 0.489 e. The number of nitrogens with zero attached hydrogens (tertiary/aromatic N) is 2. The lowest BCUT2D eigenvalue weighted by molar-refractivity contribution is 0.0697. The van der Waals surface area contributed by atoms with Gasteiger partial charge in [0.25, 0.3) is 0 Å². The quantitative estimate of drug-likeness (QED) is 0.214. The average molecular weight is 510 g/mol. The van der Waals surface area contributed by atoms with Gasteiger partial charge in [-0.05, 0) is 41.5 Å². The third-order valence-corrected chi connectivity index (χ3v) is 6.30. The highest BCUT2D eigenvalue weighted by atomic mass is 32.1. The molecule has 0 aliphatic carbocycles. The first-order valence-corrected chi connectivity index (χ1v) is 12.4. The van der Waals surface area contributed by atoms with Gasteiger partial charge in [0.1, 0.15) is 29.7 Å². The molecule has 2 N–H and O–H groups in total. The number of carbonyl (C=O) groups is 1. The van der Waals surface area contributed by atoms with Gasteiger partial charge in [0, 0.05) is 17.3 Å². The van der Waals surface area contributed by atoms with Gasteiger partial charge in [-0.3, -0.25) is 0 Å². The van der Waals surface area contributed by atoms with Crippen LogP contribution in [0, 0.1) is 0 Å². The number of hydrogen-bond acceptors (Lipinski definition) is 7. The van der Waals surface area contributed by atoms with E-state index in [0.717, 1.165) is 16.7 Å². The second-order valence-corrected chi connectivity index (χ2v) is 9.14. The molecule has 0 aliphatic heterocycles. The number of hydrogen-bond donors (Lipinski definition) is 2. The number of ether oxygens (including phenoxy) is 2. The fourth-order valence-electron chi connectivity index (χ4n) is 3.59. The van der Waals surface area contributed by atoms with E-state index >= 15 is 0 Å². The van der Waals surface area contributed by atoms with Gasteiger partial charge in [0.15, 0.2) is 0 Å². The molecule has 37 heavy (non-hydrogen) atoms. The van der Waals surface area contributed by atoms with Crippen LogP contribution in [-0.2, 0) is 13.2 Å². The molecule has 0 saturated heterocycles. The average Bonchev–Trinajstić information content (AvgIpc) is 3.40. The summed E-state index contributed by atoms with van der Waals surface area (Å²) < 4.78 is 12.2. The highest BCUT2D eigenvalue weighted by molar-refractivity contribution is 7.18. The van der Waals surface area contributed by atoms with Gasteiger partial charge in [-0.25, -0.2) is 4.79 Å². The standard InChI is InChI=1S/C29H23N3O4S/c33-28(34)22-12-7-13-24(14-22)30-29-32-31-27(37-29)23-15-25(35-18-20-8-3-1-4-9-20)17-26(16-23)36-19-21-10-5-2-6-11-21/h1-17H,18-19H2,(H,30,32)(H,33,34). The first-order chi connectivity index (χ1) is 18.1. The second-order valence-electron chi connectivity index (χ2n) is 8.16. The summed E-state index contributed by atoms with van der Waals surface area (Å²) in [7, 11) is 0. The molecule has 0 radical (unpaired) electrons. The molecule has 7 nitrogen and oxygen atoms in total. The first kappa shape index (κ1) is 24.0. The Labute approximate surface area is 218 Å². The minimum Gasteiger partial charge on any atom is -0.489 e. The maximum absolute atomic E-state index is 11.3. The molecular formula is C29H23N3O4S. The monoisotopic (exact) mass is 509 g/mol. The van der Waals surface area contributed by atoms with E-state index in [1.54, 1.807) is 18.2 Å². The summed E-state index contributed by atoms with van der Waals surface area (Å²) >= 11 is 1.35. The molecule has 0 atom stereocenters. The van der Waals surface area contributed by atoms with Crippen molar-refractivity contribution in [1.82, 2.24) is 10.2 Å². The van der Waals surface area contributed by atoms with Crippen molar-refractivity contribution in [2.45, 2.75) is 13.2 Å². The normalized spacial score (nSPS) is 10.6. The number of aromatic carboxylic acids is 1. The van der Waals surface area contributed by atoms with Gasteiger partial charge in [0.05, 0.1) is 5.56 Å². The molecule has 0 fully saturated rings. The van der Waals surface area contributed by atoms with Gasteiger partial charge in [0.2, 0.25) is 5.13 Å². The van der Waals surface area contributed by atoms with E-state index in [4.69, 9.17) is 9.47 Å². The Morgan fingerprint density at radius 2 is 1.38 bits per heavy atom. The Kier molecular flexibility index (Phi) is 7.38. The predicted octanol–water partition coefficient (Wildman–Crippen LogP) is 6.80. The maximum atomic E-state index is 11.3. The molecule has 5 aromatic rings. The van der Waals surface area contributed by atoms with Crippen molar-refractivity contribution < 1.29 is 19.4 Å². The molecular weight excluding hydrogens is 486 g/mol. The zero-order chi connectivity index (χ0) is 25.5. The summed E-state index contributed by atoms with van der Waals surface area (Å²) in [5.74, 6) is 0.323. The van der Waals surface area contributed by atoms with Crippen molar-refractivity contribution in [2.75, 3.05) is 5.32 Å². The van der Waals surface area contributed by atoms with Gasteiger partial charge in [-0.15, -0.1) is 10.2 Å². The Hall–Kier alpha value is -4.69. The first-order valence-electron chi connectivity index (χ1n) is 11.6. The third-order valence-electron chi connectivity index (χ3n) is 5.41. The van der Waals surface area contributed by atoms with Gasteiger partial charge in [-0.2, -0.15) is 0 Å². The molecule has 0 amide bonds. The van der Waals surface area contributed by atoms with Crippen LogP contribution in [0.5, 0.6) is 11.5 Å². The van der Waals surface area contributed by atoms with Crippen LogP contribution < -0.4 is 14.8 Å². The Balaban J connectivity index is 1.38. The van der Waals surface area contributed by atoms with E-state index in [1.807, 2.05) is 78.9 Å². The van der Waals surface area contributed by atoms with Crippen molar-refractivity contribution >= 4 is 28.1 Å². The zero-order valence-corrected chi connectivity index (χ0v) is 20.5. The summed E-state index contributed by atoms with van der Waals surface area (Å²) in [5.41, 5.74) is 3.74. The molecule has 0 bridgehead atoms. The topological polar surface area (TPSA) is 93.6 Å². The molecule has 0 saturated carbocycles. The van der Waals surface area contributed by atoms with Crippen LogP contribution in [-0.4, -0.2) is 21.3 Å².